The first-order chi connectivity index (χ1) is 8.43. The van der Waals surface area contributed by atoms with Crippen molar-refractivity contribution < 1.29 is 9.53 Å². The van der Waals surface area contributed by atoms with Crippen LogP contribution >= 0.6 is 0 Å². The van der Waals surface area contributed by atoms with Gasteiger partial charge in [-0.05, 0) is 32.4 Å². The van der Waals surface area contributed by atoms with E-state index >= 15 is 0 Å². The summed E-state index contributed by atoms with van der Waals surface area (Å²) in [6, 6.07) is 8.15. The Bertz CT molecular complexity index is 576. The van der Waals surface area contributed by atoms with Crippen molar-refractivity contribution in [2.24, 2.45) is 0 Å². The second kappa shape index (κ2) is 4.48. The van der Waals surface area contributed by atoms with Crippen LogP contribution in [0.1, 0.15) is 26.3 Å². The highest BCUT2D eigenvalue weighted by Crippen LogP contribution is 2.27. The molecule has 0 atom stereocenters. The lowest BCUT2D eigenvalue weighted by Gasteiger charge is -2.22. The van der Waals surface area contributed by atoms with Gasteiger partial charge in [-0.1, -0.05) is 18.2 Å². The second-order valence-corrected chi connectivity index (χ2v) is 5.47. The van der Waals surface area contributed by atoms with Gasteiger partial charge in [0.15, 0.2) is 0 Å². The number of benzene rings is 1. The number of para-hydroxylation sites is 1. The minimum absolute atomic E-state index is 0.00598. The maximum Gasteiger partial charge on any atom is 0.310 e. The van der Waals surface area contributed by atoms with Gasteiger partial charge < -0.3 is 9.30 Å². The Morgan fingerprint density at radius 3 is 2.56 bits per heavy atom. The number of rotatable bonds is 2. The summed E-state index contributed by atoms with van der Waals surface area (Å²) in [5, 5.41) is 1.12. The van der Waals surface area contributed by atoms with E-state index in [2.05, 4.69) is 43.7 Å². The molecule has 18 heavy (non-hydrogen) atoms. The molecule has 3 nitrogen and oxygen atoms in total. The number of carbonyl (C=O) groups is 1. The molecule has 0 amide bonds. The van der Waals surface area contributed by atoms with Crippen LogP contribution in [-0.2, 0) is 21.5 Å². The van der Waals surface area contributed by atoms with Gasteiger partial charge in [-0.15, -0.1) is 0 Å². The molecule has 2 rings (SSSR count). The van der Waals surface area contributed by atoms with Crippen molar-refractivity contribution in [3.05, 3.63) is 36.0 Å². The minimum Gasteiger partial charge on any atom is -0.469 e. The predicted molar refractivity (Wildman–Crippen MR) is 72.7 cm³/mol. The molecule has 0 saturated carbocycles. The van der Waals surface area contributed by atoms with Gasteiger partial charge in [0.25, 0.3) is 0 Å². The number of methoxy groups -OCH3 is 1. The number of carbonyl (C=O) groups excluding carboxylic acids is 1. The summed E-state index contributed by atoms with van der Waals surface area (Å²) < 4.78 is 6.96. The standard InChI is InChI=1S/C15H19NO2/c1-15(2,3)16-10-11(9-14(17)18-4)12-7-5-6-8-13(12)16/h5-8,10H,9H2,1-4H3. The molecule has 0 fully saturated rings. The molecule has 1 aromatic heterocycles. The molecule has 0 aliphatic heterocycles. The summed E-state index contributed by atoms with van der Waals surface area (Å²) in [5.74, 6) is -0.202. The number of aromatic nitrogens is 1. The molecule has 0 unspecified atom stereocenters. The van der Waals surface area contributed by atoms with Crippen LogP contribution in [-0.4, -0.2) is 17.6 Å². The zero-order valence-electron chi connectivity index (χ0n) is 11.4. The van der Waals surface area contributed by atoms with E-state index in [9.17, 15) is 4.79 Å². The Hall–Kier alpha value is -1.77. The number of hydrogen-bond acceptors (Lipinski definition) is 2. The molecule has 0 aliphatic carbocycles. The Morgan fingerprint density at radius 2 is 1.94 bits per heavy atom. The topological polar surface area (TPSA) is 31.2 Å². The average molecular weight is 245 g/mol. The van der Waals surface area contributed by atoms with Crippen molar-refractivity contribution >= 4 is 16.9 Å². The normalized spacial score (nSPS) is 11.8. The smallest absolute Gasteiger partial charge is 0.310 e. The quantitative estimate of drug-likeness (QED) is 0.761. The predicted octanol–water partition coefficient (Wildman–Crippen LogP) is 3.11. The molecule has 0 N–H and O–H groups in total. The SMILES string of the molecule is COC(=O)Cc1cn(C(C)(C)C)c2ccccc12. The Balaban J connectivity index is 2.58. The number of fused-ring (bicyclic) bond motifs is 1. The van der Waals surface area contributed by atoms with Crippen molar-refractivity contribution in [1.82, 2.24) is 4.57 Å². The molecule has 0 radical (unpaired) electrons. The van der Waals surface area contributed by atoms with Crippen molar-refractivity contribution in [3.8, 4) is 0 Å². The molecule has 1 heterocycles. The first kappa shape index (κ1) is 12.7. The molecule has 2 aromatic rings. The highest BCUT2D eigenvalue weighted by Gasteiger charge is 2.19. The van der Waals surface area contributed by atoms with Crippen LogP contribution in [0.2, 0.25) is 0 Å². The molecule has 3 heteroatoms. The lowest BCUT2D eigenvalue weighted by Crippen LogP contribution is -2.20. The summed E-state index contributed by atoms with van der Waals surface area (Å²) in [6.45, 7) is 6.46. The number of esters is 1. The number of nitrogens with zero attached hydrogens (tertiary/aromatic N) is 1. The van der Waals surface area contributed by atoms with Gasteiger partial charge in [-0.3, -0.25) is 4.79 Å². The molecule has 0 saturated heterocycles. The fraction of sp³-hybridized carbons (Fsp3) is 0.400. The van der Waals surface area contributed by atoms with Crippen LogP contribution < -0.4 is 0 Å². The summed E-state index contributed by atoms with van der Waals surface area (Å²) in [5.41, 5.74) is 2.17. The summed E-state index contributed by atoms with van der Waals surface area (Å²) in [7, 11) is 1.42. The first-order valence-corrected chi connectivity index (χ1v) is 6.10. The largest absolute Gasteiger partial charge is 0.469 e. The van der Waals surface area contributed by atoms with Crippen LogP contribution in [0.3, 0.4) is 0 Å². The lowest BCUT2D eigenvalue weighted by molar-refractivity contribution is -0.139. The third-order valence-electron chi connectivity index (χ3n) is 3.08. The molecular weight excluding hydrogens is 226 g/mol. The molecule has 0 aliphatic rings. The van der Waals surface area contributed by atoms with Gasteiger partial charge in [-0.25, -0.2) is 0 Å². The lowest BCUT2D eigenvalue weighted by atomic mass is 10.1. The van der Waals surface area contributed by atoms with Crippen molar-refractivity contribution in [2.75, 3.05) is 7.11 Å². The summed E-state index contributed by atoms with van der Waals surface area (Å²) >= 11 is 0. The van der Waals surface area contributed by atoms with Crippen LogP contribution in [0.25, 0.3) is 10.9 Å². The van der Waals surface area contributed by atoms with Crippen molar-refractivity contribution in [2.45, 2.75) is 32.7 Å². The van der Waals surface area contributed by atoms with Crippen LogP contribution in [0.15, 0.2) is 30.5 Å². The molecular formula is C15H19NO2. The molecule has 0 spiro atoms. The zero-order chi connectivity index (χ0) is 13.3. The Kier molecular flexibility index (Phi) is 3.16. The third kappa shape index (κ3) is 2.26. The van der Waals surface area contributed by atoms with E-state index in [4.69, 9.17) is 4.74 Å². The summed E-state index contributed by atoms with van der Waals surface area (Å²) in [6.07, 6.45) is 2.38. The third-order valence-corrected chi connectivity index (χ3v) is 3.08. The van der Waals surface area contributed by atoms with E-state index in [0.29, 0.717) is 6.42 Å². The summed E-state index contributed by atoms with van der Waals surface area (Å²) in [4.78, 5) is 11.5. The highest BCUT2D eigenvalue weighted by atomic mass is 16.5. The zero-order valence-corrected chi connectivity index (χ0v) is 11.4. The second-order valence-electron chi connectivity index (χ2n) is 5.47. The minimum atomic E-state index is -0.202. The van der Waals surface area contributed by atoms with Crippen molar-refractivity contribution in [3.63, 3.8) is 0 Å². The fourth-order valence-electron chi connectivity index (χ4n) is 2.17. The Labute approximate surface area is 107 Å². The average Bonchev–Trinajstić information content (AvgIpc) is 2.68. The van der Waals surface area contributed by atoms with E-state index < -0.39 is 0 Å². The van der Waals surface area contributed by atoms with Crippen LogP contribution in [0, 0.1) is 0 Å². The molecule has 1 aromatic carbocycles. The maximum atomic E-state index is 11.5. The Morgan fingerprint density at radius 1 is 1.28 bits per heavy atom. The van der Waals surface area contributed by atoms with Gasteiger partial charge in [-0.2, -0.15) is 0 Å². The fourth-order valence-corrected chi connectivity index (χ4v) is 2.17. The molecule has 0 bridgehead atoms. The van der Waals surface area contributed by atoms with E-state index in [0.717, 1.165) is 16.5 Å². The number of ether oxygens (including phenoxy) is 1. The molecule has 96 valence electrons. The highest BCUT2D eigenvalue weighted by molar-refractivity contribution is 5.88. The van der Waals surface area contributed by atoms with Crippen LogP contribution in [0.4, 0.5) is 0 Å². The first-order valence-electron chi connectivity index (χ1n) is 6.10. The number of hydrogen-bond donors (Lipinski definition) is 0. The van der Waals surface area contributed by atoms with Gasteiger partial charge in [0.05, 0.1) is 13.5 Å². The van der Waals surface area contributed by atoms with E-state index in [-0.39, 0.29) is 11.5 Å². The van der Waals surface area contributed by atoms with Gasteiger partial charge in [0, 0.05) is 22.6 Å². The van der Waals surface area contributed by atoms with E-state index in [1.807, 2.05) is 12.1 Å². The monoisotopic (exact) mass is 245 g/mol. The van der Waals surface area contributed by atoms with Gasteiger partial charge in [0.2, 0.25) is 0 Å². The van der Waals surface area contributed by atoms with Gasteiger partial charge in [0.1, 0.15) is 0 Å². The van der Waals surface area contributed by atoms with E-state index in [1.165, 1.54) is 7.11 Å². The van der Waals surface area contributed by atoms with Crippen molar-refractivity contribution in [1.29, 1.82) is 0 Å². The van der Waals surface area contributed by atoms with Gasteiger partial charge >= 0.3 is 5.97 Å². The maximum absolute atomic E-state index is 11.5. The van der Waals surface area contributed by atoms with E-state index in [1.54, 1.807) is 0 Å². The van der Waals surface area contributed by atoms with Crippen LogP contribution in [0.5, 0.6) is 0 Å².